The zero-order valence-corrected chi connectivity index (χ0v) is 12.6. The van der Waals surface area contributed by atoms with E-state index >= 15 is 0 Å². The molecule has 0 bridgehead atoms. The average molecular weight is 281 g/mol. The molecule has 2 rings (SSSR count). The molecule has 19 heavy (non-hydrogen) atoms. The van der Waals surface area contributed by atoms with Gasteiger partial charge in [0.1, 0.15) is 6.04 Å². The molecule has 0 saturated carbocycles. The number of carboxylic acids is 1. The molecule has 0 aliphatic carbocycles. The molecular formula is C15H23NO2S. The number of aryl methyl sites for hydroxylation is 1. The number of hydrogen-bond acceptors (Lipinski definition) is 3. The summed E-state index contributed by atoms with van der Waals surface area (Å²) in [5, 5.41) is 9.37. The predicted molar refractivity (Wildman–Crippen MR) is 78.7 cm³/mol. The number of unbranched alkanes of at least 4 members (excludes halogenated alkanes) is 1. The van der Waals surface area contributed by atoms with E-state index in [1.165, 1.54) is 9.75 Å². The van der Waals surface area contributed by atoms with Crippen molar-refractivity contribution in [2.45, 2.75) is 58.0 Å². The molecule has 1 fully saturated rings. The van der Waals surface area contributed by atoms with Gasteiger partial charge in [-0.05, 0) is 44.9 Å². The molecule has 0 amide bonds. The van der Waals surface area contributed by atoms with Crippen LogP contribution in [0.3, 0.4) is 0 Å². The fourth-order valence-corrected chi connectivity index (χ4v) is 3.96. The molecule has 3 nitrogen and oxygen atoms in total. The first-order valence-electron chi connectivity index (χ1n) is 7.18. The van der Waals surface area contributed by atoms with Crippen molar-refractivity contribution < 1.29 is 9.90 Å². The quantitative estimate of drug-likeness (QED) is 0.861. The Labute approximate surface area is 119 Å². The van der Waals surface area contributed by atoms with E-state index in [-0.39, 0.29) is 6.04 Å². The van der Waals surface area contributed by atoms with Crippen LogP contribution in [-0.4, -0.2) is 28.6 Å². The lowest BCUT2D eigenvalue weighted by atomic mass is 10.1. The van der Waals surface area contributed by atoms with Crippen LogP contribution in [0.25, 0.3) is 0 Å². The first-order chi connectivity index (χ1) is 9.13. The number of thiophene rings is 1. The van der Waals surface area contributed by atoms with Crippen LogP contribution in [0, 0.1) is 6.92 Å². The molecule has 1 aliphatic rings. The van der Waals surface area contributed by atoms with E-state index < -0.39 is 5.97 Å². The van der Waals surface area contributed by atoms with Crippen LogP contribution in [0.4, 0.5) is 0 Å². The SMILES string of the molecule is CCCCC(c1ccc(C)s1)N1CCCC1C(=O)O. The van der Waals surface area contributed by atoms with Crippen LogP contribution in [0.1, 0.15) is 54.8 Å². The molecule has 0 aromatic carbocycles. The maximum Gasteiger partial charge on any atom is 0.320 e. The molecule has 2 heterocycles. The van der Waals surface area contributed by atoms with Gasteiger partial charge in [0.05, 0.1) is 0 Å². The fourth-order valence-electron chi connectivity index (χ4n) is 2.93. The van der Waals surface area contributed by atoms with Crippen molar-refractivity contribution in [2.75, 3.05) is 6.54 Å². The first-order valence-corrected chi connectivity index (χ1v) is 8.00. The summed E-state index contributed by atoms with van der Waals surface area (Å²) in [5.41, 5.74) is 0. The van der Waals surface area contributed by atoms with Gasteiger partial charge >= 0.3 is 5.97 Å². The smallest absolute Gasteiger partial charge is 0.320 e. The zero-order valence-electron chi connectivity index (χ0n) is 11.8. The van der Waals surface area contributed by atoms with Gasteiger partial charge in [0.15, 0.2) is 0 Å². The Kier molecular flexibility index (Phi) is 4.99. The van der Waals surface area contributed by atoms with Gasteiger partial charge in [0.25, 0.3) is 0 Å². The summed E-state index contributed by atoms with van der Waals surface area (Å²) in [6, 6.07) is 4.33. The normalized spacial score (nSPS) is 21.7. The minimum absolute atomic E-state index is 0.288. The first kappa shape index (κ1) is 14.5. The van der Waals surface area contributed by atoms with Crippen LogP contribution in [0.15, 0.2) is 12.1 Å². The Morgan fingerprint density at radius 3 is 2.95 bits per heavy atom. The Balaban J connectivity index is 2.19. The van der Waals surface area contributed by atoms with Crippen molar-refractivity contribution in [3.8, 4) is 0 Å². The van der Waals surface area contributed by atoms with E-state index in [1.54, 1.807) is 0 Å². The molecule has 0 spiro atoms. The summed E-state index contributed by atoms with van der Waals surface area (Å²) < 4.78 is 0. The minimum atomic E-state index is -0.660. The van der Waals surface area contributed by atoms with E-state index in [9.17, 15) is 9.90 Å². The number of hydrogen-bond donors (Lipinski definition) is 1. The molecule has 4 heteroatoms. The van der Waals surface area contributed by atoms with Crippen molar-refractivity contribution in [1.82, 2.24) is 4.90 Å². The van der Waals surface area contributed by atoms with Crippen LogP contribution in [-0.2, 0) is 4.79 Å². The highest BCUT2D eigenvalue weighted by Crippen LogP contribution is 2.36. The highest BCUT2D eigenvalue weighted by atomic mass is 32.1. The maximum atomic E-state index is 11.4. The number of nitrogens with zero attached hydrogens (tertiary/aromatic N) is 1. The third kappa shape index (κ3) is 3.37. The lowest BCUT2D eigenvalue weighted by Crippen LogP contribution is -2.38. The topological polar surface area (TPSA) is 40.5 Å². The molecule has 1 saturated heterocycles. The molecule has 2 atom stereocenters. The average Bonchev–Trinajstić information content (AvgIpc) is 2.99. The van der Waals surface area contributed by atoms with E-state index in [1.807, 2.05) is 11.3 Å². The highest BCUT2D eigenvalue weighted by molar-refractivity contribution is 7.12. The Bertz CT molecular complexity index is 430. The van der Waals surface area contributed by atoms with Crippen LogP contribution in [0.5, 0.6) is 0 Å². The van der Waals surface area contributed by atoms with Gasteiger partial charge in [-0.2, -0.15) is 0 Å². The van der Waals surface area contributed by atoms with Crippen molar-refractivity contribution >= 4 is 17.3 Å². The molecule has 1 aromatic heterocycles. The van der Waals surface area contributed by atoms with E-state index in [2.05, 4.69) is 30.9 Å². The molecular weight excluding hydrogens is 258 g/mol. The Hall–Kier alpha value is -0.870. The number of rotatable bonds is 6. The molecule has 0 radical (unpaired) electrons. The van der Waals surface area contributed by atoms with E-state index in [0.717, 1.165) is 38.6 Å². The fraction of sp³-hybridized carbons (Fsp3) is 0.667. The van der Waals surface area contributed by atoms with Gasteiger partial charge in [0.2, 0.25) is 0 Å². The van der Waals surface area contributed by atoms with Gasteiger partial charge < -0.3 is 5.11 Å². The largest absolute Gasteiger partial charge is 0.480 e. The van der Waals surface area contributed by atoms with Crippen LogP contribution >= 0.6 is 11.3 Å². The standard InChI is InChI=1S/C15H23NO2S/c1-3-4-6-12(14-9-8-11(2)19-14)16-10-5-7-13(16)15(17)18/h8-9,12-13H,3-7,10H2,1-2H3,(H,17,18). The van der Waals surface area contributed by atoms with Crippen molar-refractivity contribution in [3.63, 3.8) is 0 Å². The predicted octanol–water partition coefficient (Wildman–Crippen LogP) is 3.84. The summed E-state index contributed by atoms with van der Waals surface area (Å²) in [6.07, 6.45) is 5.18. The molecule has 1 aliphatic heterocycles. The van der Waals surface area contributed by atoms with Gasteiger partial charge in [-0.15, -0.1) is 11.3 Å². The Morgan fingerprint density at radius 2 is 2.37 bits per heavy atom. The lowest BCUT2D eigenvalue weighted by Gasteiger charge is -2.30. The minimum Gasteiger partial charge on any atom is -0.480 e. The monoisotopic (exact) mass is 281 g/mol. The third-order valence-corrected chi connectivity index (χ3v) is 5.00. The highest BCUT2D eigenvalue weighted by Gasteiger charge is 2.36. The molecule has 1 aromatic rings. The molecule has 1 N–H and O–H groups in total. The van der Waals surface area contributed by atoms with Gasteiger partial charge in [-0.25, -0.2) is 0 Å². The number of likely N-dealkylation sites (tertiary alicyclic amines) is 1. The van der Waals surface area contributed by atoms with Crippen LogP contribution in [0.2, 0.25) is 0 Å². The summed E-state index contributed by atoms with van der Waals surface area (Å²) in [7, 11) is 0. The van der Waals surface area contributed by atoms with Crippen molar-refractivity contribution in [1.29, 1.82) is 0 Å². The summed E-state index contributed by atoms with van der Waals surface area (Å²) in [5.74, 6) is -0.660. The van der Waals surface area contributed by atoms with Gasteiger partial charge in [0, 0.05) is 15.8 Å². The third-order valence-electron chi connectivity index (χ3n) is 3.90. The lowest BCUT2D eigenvalue weighted by molar-refractivity contribution is -0.143. The van der Waals surface area contributed by atoms with Gasteiger partial charge in [-0.1, -0.05) is 19.8 Å². The number of carbonyl (C=O) groups is 1. The second-order valence-electron chi connectivity index (χ2n) is 5.34. The summed E-state index contributed by atoms with van der Waals surface area (Å²) in [6.45, 7) is 5.22. The van der Waals surface area contributed by atoms with Crippen LogP contribution < -0.4 is 0 Å². The second-order valence-corrected chi connectivity index (χ2v) is 6.66. The maximum absolute atomic E-state index is 11.4. The van der Waals surface area contributed by atoms with E-state index in [4.69, 9.17) is 0 Å². The summed E-state index contributed by atoms with van der Waals surface area (Å²) >= 11 is 1.81. The number of carboxylic acid groups (broad SMARTS) is 1. The number of aliphatic carboxylic acids is 1. The van der Waals surface area contributed by atoms with E-state index in [0.29, 0.717) is 6.04 Å². The van der Waals surface area contributed by atoms with Gasteiger partial charge in [-0.3, -0.25) is 9.69 Å². The zero-order chi connectivity index (χ0) is 13.8. The van der Waals surface area contributed by atoms with Crippen molar-refractivity contribution in [2.24, 2.45) is 0 Å². The molecule has 106 valence electrons. The Morgan fingerprint density at radius 1 is 1.58 bits per heavy atom. The second kappa shape index (κ2) is 6.53. The van der Waals surface area contributed by atoms with Crippen molar-refractivity contribution in [3.05, 3.63) is 21.9 Å². The molecule has 2 unspecified atom stereocenters. The summed E-state index contributed by atoms with van der Waals surface area (Å²) in [4.78, 5) is 16.2.